The Labute approximate surface area is 241 Å². The molecule has 3 rings (SSSR count). The molecule has 0 unspecified atom stereocenters. The number of halogens is 1. The van der Waals surface area contributed by atoms with E-state index in [2.05, 4.69) is 5.32 Å². The van der Waals surface area contributed by atoms with Crippen LogP contribution in [-0.2, 0) is 26.2 Å². The van der Waals surface area contributed by atoms with Crippen molar-refractivity contribution in [2.75, 3.05) is 24.5 Å². The molecule has 0 radical (unpaired) electrons. The van der Waals surface area contributed by atoms with Gasteiger partial charge in [-0.25, -0.2) is 8.42 Å². The summed E-state index contributed by atoms with van der Waals surface area (Å²) in [5, 5.41) is 3.19. The van der Waals surface area contributed by atoms with E-state index in [0.29, 0.717) is 17.3 Å². The van der Waals surface area contributed by atoms with Gasteiger partial charge in [-0.1, -0.05) is 61.3 Å². The molecule has 0 heterocycles. The summed E-state index contributed by atoms with van der Waals surface area (Å²) in [5.74, 6) is -0.133. The number of ether oxygens (including phenoxy) is 1. The van der Waals surface area contributed by atoms with Crippen molar-refractivity contribution in [3.63, 3.8) is 0 Å². The molecule has 3 aromatic rings. The Bertz CT molecular complexity index is 1410. The van der Waals surface area contributed by atoms with Crippen LogP contribution in [-0.4, -0.2) is 51.4 Å². The zero-order valence-corrected chi connectivity index (χ0v) is 25.0. The van der Waals surface area contributed by atoms with Gasteiger partial charge in [0.25, 0.3) is 10.0 Å². The zero-order chi connectivity index (χ0) is 29.4. The van der Waals surface area contributed by atoms with Crippen molar-refractivity contribution in [1.29, 1.82) is 0 Å². The lowest BCUT2D eigenvalue weighted by molar-refractivity contribution is -0.139. The highest BCUT2D eigenvalue weighted by molar-refractivity contribution is 7.92. The number of sulfonamides is 1. The molecule has 0 bridgehead atoms. The zero-order valence-electron chi connectivity index (χ0n) is 23.4. The van der Waals surface area contributed by atoms with E-state index >= 15 is 0 Å². The Kier molecular flexibility index (Phi) is 10.6. The number of amides is 2. The fraction of sp³-hybridized carbons (Fsp3) is 0.333. The largest absolute Gasteiger partial charge is 0.497 e. The van der Waals surface area contributed by atoms with Crippen LogP contribution in [0, 0.1) is 12.8 Å². The number of hydrogen-bond donors (Lipinski definition) is 1. The second-order valence-corrected chi connectivity index (χ2v) is 12.3. The average molecular weight is 586 g/mol. The molecule has 2 amide bonds. The van der Waals surface area contributed by atoms with Gasteiger partial charge in [0.15, 0.2) is 0 Å². The van der Waals surface area contributed by atoms with Crippen molar-refractivity contribution in [1.82, 2.24) is 10.2 Å². The molecule has 0 aliphatic carbocycles. The highest BCUT2D eigenvalue weighted by Crippen LogP contribution is 2.28. The molecule has 0 aromatic heterocycles. The molecule has 8 nitrogen and oxygen atoms in total. The summed E-state index contributed by atoms with van der Waals surface area (Å²) >= 11 is 6.21. The maximum atomic E-state index is 13.9. The van der Waals surface area contributed by atoms with Crippen LogP contribution in [0.25, 0.3) is 0 Å². The van der Waals surface area contributed by atoms with Crippen LogP contribution < -0.4 is 14.4 Å². The summed E-state index contributed by atoms with van der Waals surface area (Å²) in [5.41, 5.74) is 2.10. The second kappa shape index (κ2) is 13.7. The molecule has 214 valence electrons. The number of nitrogens with zero attached hydrogens (tertiary/aromatic N) is 2. The quantitative estimate of drug-likeness (QED) is 0.321. The molecule has 1 N–H and O–H groups in total. The van der Waals surface area contributed by atoms with Crippen LogP contribution in [0.4, 0.5) is 5.69 Å². The summed E-state index contributed by atoms with van der Waals surface area (Å²) < 4.78 is 33.9. The van der Waals surface area contributed by atoms with E-state index in [-0.39, 0.29) is 29.0 Å². The minimum absolute atomic E-state index is 0.0196. The first-order valence-electron chi connectivity index (χ1n) is 13.0. The molecule has 40 heavy (non-hydrogen) atoms. The Hall–Kier alpha value is -3.56. The van der Waals surface area contributed by atoms with E-state index in [1.807, 2.05) is 45.0 Å². The smallest absolute Gasteiger partial charge is 0.264 e. The highest BCUT2D eigenvalue weighted by atomic mass is 35.5. The lowest BCUT2D eigenvalue weighted by atomic mass is 10.1. The summed E-state index contributed by atoms with van der Waals surface area (Å²) in [6.07, 6.45) is 0. The summed E-state index contributed by atoms with van der Waals surface area (Å²) in [7, 11) is -2.71. The van der Waals surface area contributed by atoms with Crippen LogP contribution in [0.2, 0.25) is 5.02 Å². The molecule has 0 aliphatic heterocycles. The van der Waals surface area contributed by atoms with E-state index < -0.39 is 28.5 Å². The standard InChI is InChI=1S/C30H36ClN3O5S/c1-21(2)18-32-30(36)23(4)33(19-24-11-9-22(3)10-12-24)29(35)20-34(26-8-6-7-25(31)17-26)40(37,38)28-15-13-27(39-5)14-16-28/h6-17,21,23H,18-20H2,1-5H3,(H,32,36)/t23-/m0/s1. The van der Waals surface area contributed by atoms with Crippen molar-refractivity contribution < 1.29 is 22.7 Å². The first-order valence-corrected chi connectivity index (χ1v) is 14.8. The van der Waals surface area contributed by atoms with Crippen molar-refractivity contribution in [2.45, 2.75) is 45.2 Å². The number of carbonyl (C=O) groups excluding carboxylic acids is 2. The van der Waals surface area contributed by atoms with Crippen LogP contribution in [0.5, 0.6) is 5.75 Å². The highest BCUT2D eigenvalue weighted by Gasteiger charge is 2.32. The maximum Gasteiger partial charge on any atom is 0.264 e. The van der Waals surface area contributed by atoms with Gasteiger partial charge in [-0.3, -0.25) is 13.9 Å². The van der Waals surface area contributed by atoms with Gasteiger partial charge in [0.1, 0.15) is 18.3 Å². The molecule has 1 atom stereocenters. The first kappa shape index (κ1) is 31.0. The molecule has 0 spiro atoms. The predicted octanol–water partition coefficient (Wildman–Crippen LogP) is 5.04. The van der Waals surface area contributed by atoms with Gasteiger partial charge in [-0.2, -0.15) is 0 Å². The fourth-order valence-corrected chi connectivity index (χ4v) is 5.55. The lowest BCUT2D eigenvalue weighted by Crippen LogP contribution is -2.51. The second-order valence-electron chi connectivity index (χ2n) is 9.99. The fourth-order valence-electron chi connectivity index (χ4n) is 3.96. The summed E-state index contributed by atoms with van der Waals surface area (Å²) in [6, 6.07) is 19.0. The third-order valence-corrected chi connectivity index (χ3v) is 8.37. The SMILES string of the molecule is COc1ccc(S(=O)(=O)N(CC(=O)N(Cc2ccc(C)cc2)[C@@H](C)C(=O)NCC(C)C)c2cccc(Cl)c2)cc1. The Morgan fingerprint density at radius 2 is 1.62 bits per heavy atom. The van der Waals surface area contributed by atoms with Crippen molar-refractivity contribution in [3.05, 3.63) is 88.9 Å². The van der Waals surface area contributed by atoms with Crippen LogP contribution in [0.3, 0.4) is 0 Å². The average Bonchev–Trinajstić information content (AvgIpc) is 2.93. The van der Waals surface area contributed by atoms with Gasteiger partial charge < -0.3 is 15.0 Å². The van der Waals surface area contributed by atoms with Crippen LogP contribution in [0.15, 0.2) is 77.7 Å². The van der Waals surface area contributed by atoms with E-state index in [0.717, 1.165) is 15.4 Å². The van der Waals surface area contributed by atoms with Crippen molar-refractivity contribution >= 4 is 39.1 Å². The van der Waals surface area contributed by atoms with Gasteiger partial charge in [0.05, 0.1) is 17.7 Å². The first-order chi connectivity index (χ1) is 18.9. The molecule has 10 heteroatoms. The molecule has 0 saturated carbocycles. The summed E-state index contributed by atoms with van der Waals surface area (Å²) in [4.78, 5) is 28.4. The van der Waals surface area contributed by atoms with Crippen molar-refractivity contribution in [3.8, 4) is 5.75 Å². The van der Waals surface area contributed by atoms with Gasteiger partial charge in [0, 0.05) is 18.1 Å². The predicted molar refractivity (Wildman–Crippen MR) is 158 cm³/mol. The number of carbonyl (C=O) groups is 2. The van der Waals surface area contributed by atoms with Gasteiger partial charge in [-0.05, 0) is 67.8 Å². The number of nitrogens with one attached hydrogen (secondary N) is 1. The normalized spacial score (nSPS) is 12.1. The van der Waals surface area contributed by atoms with E-state index in [1.54, 1.807) is 25.1 Å². The maximum absolute atomic E-state index is 13.9. The van der Waals surface area contributed by atoms with Gasteiger partial charge in [0.2, 0.25) is 11.8 Å². The number of rotatable bonds is 12. The van der Waals surface area contributed by atoms with Crippen LogP contribution in [0.1, 0.15) is 31.9 Å². The number of anilines is 1. The monoisotopic (exact) mass is 585 g/mol. The Balaban J connectivity index is 2.01. The molecule has 3 aromatic carbocycles. The topological polar surface area (TPSA) is 96.0 Å². The molecular weight excluding hydrogens is 550 g/mol. The van der Waals surface area contributed by atoms with Crippen LogP contribution >= 0.6 is 11.6 Å². The molecule has 0 aliphatic rings. The molecule has 0 saturated heterocycles. The lowest BCUT2D eigenvalue weighted by Gasteiger charge is -2.32. The minimum Gasteiger partial charge on any atom is -0.497 e. The van der Waals surface area contributed by atoms with E-state index in [4.69, 9.17) is 16.3 Å². The van der Waals surface area contributed by atoms with E-state index in [1.165, 1.54) is 42.3 Å². The number of hydrogen-bond acceptors (Lipinski definition) is 5. The number of methoxy groups -OCH3 is 1. The third kappa shape index (κ3) is 7.99. The van der Waals surface area contributed by atoms with E-state index in [9.17, 15) is 18.0 Å². The van der Waals surface area contributed by atoms with Gasteiger partial charge in [-0.15, -0.1) is 0 Å². The van der Waals surface area contributed by atoms with Crippen molar-refractivity contribution in [2.24, 2.45) is 5.92 Å². The minimum atomic E-state index is -4.20. The summed E-state index contributed by atoms with van der Waals surface area (Å²) in [6.45, 7) is 7.60. The number of aryl methyl sites for hydroxylation is 1. The molecular formula is C30H36ClN3O5S. The Morgan fingerprint density at radius 1 is 0.975 bits per heavy atom. The molecule has 0 fully saturated rings. The van der Waals surface area contributed by atoms with Gasteiger partial charge >= 0.3 is 0 Å². The number of benzene rings is 3. The third-order valence-electron chi connectivity index (χ3n) is 6.35. The Morgan fingerprint density at radius 3 is 2.20 bits per heavy atom.